The Labute approximate surface area is 153 Å². The number of anilines is 1. The van der Waals surface area contributed by atoms with Gasteiger partial charge in [-0.25, -0.2) is 8.78 Å². The first-order valence-corrected chi connectivity index (χ1v) is 7.93. The number of hydrogen-bond donors (Lipinski definition) is 1. The van der Waals surface area contributed by atoms with Gasteiger partial charge in [-0.05, 0) is 24.3 Å². The van der Waals surface area contributed by atoms with E-state index >= 15 is 0 Å². The zero-order valence-electron chi connectivity index (χ0n) is 14.6. The molecule has 0 radical (unpaired) electrons. The predicted octanol–water partition coefficient (Wildman–Crippen LogP) is 3.82. The normalized spacial score (nSPS) is 10.5. The van der Waals surface area contributed by atoms with E-state index < -0.39 is 11.6 Å². The second kappa shape index (κ2) is 7.86. The van der Waals surface area contributed by atoms with Gasteiger partial charge in [0.2, 0.25) is 5.91 Å². The van der Waals surface area contributed by atoms with Crippen LogP contribution in [-0.4, -0.2) is 25.3 Å². The molecule has 3 rings (SSSR count). The van der Waals surface area contributed by atoms with Crippen molar-refractivity contribution in [3.05, 3.63) is 59.8 Å². The molecule has 1 N–H and O–H groups in total. The molecule has 1 amide bonds. The molecular weight excluding hydrogens is 358 g/mol. The largest absolute Gasteiger partial charge is 0.497 e. The number of nitrogens with zero attached hydrogens (tertiary/aromatic N) is 1. The summed E-state index contributed by atoms with van der Waals surface area (Å²) < 4.78 is 42.2. The van der Waals surface area contributed by atoms with Crippen LogP contribution in [0.1, 0.15) is 5.69 Å². The molecule has 0 saturated heterocycles. The summed E-state index contributed by atoms with van der Waals surface area (Å²) in [4.78, 5) is 12.3. The van der Waals surface area contributed by atoms with E-state index in [1.807, 2.05) is 0 Å². The third-order valence-electron chi connectivity index (χ3n) is 3.78. The van der Waals surface area contributed by atoms with Gasteiger partial charge in [-0.3, -0.25) is 4.79 Å². The highest BCUT2D eigenvalue weighted by Crippen LogP contribution is 2.29. The van der Waals surface area contributed by atoms with E-state index in [1.54, 1.807) is 18.2 Å². The zero-order valence-corrected chi connectivity index (χ0v) is 14.6. The number of hydrogen-bond acceptors (Lipinski definition) is 5. The van der Waals surface area contributed by atoms with Crippen molar-refractivity contribution in [1.29, 1.82) is 0 Å². The number of carbonyl (C=O) groups excluding carboxylic acids is 1. The Morgan fingerprint density at radius 3 is 2.63 bits per heavy atom. The Bertz CT molecular complexity index is 972. The molecule has 6 nitrogen and oxygen atoms in total. The Balaban J connectivity index is 1.73. The topological polar surface area (TPSA) is 73.6 Å². The monoisotopic (exact) mass is 374 g/mol. The van der Waals surface area contributed by atoms with Gasteiger partial charge in [0, 0.05) is 18.2 Å². The number of carbonyl (C=O) groups is 1. The average Bonchev–Trinajstić information content (AvgIpc) is 3.09. The van der Waals surface area contributed by atoms with Gasteiger partial charge in [0.25, 0.3) is 0 Å². The molecule has 0 bridgehead atoms. The molecule has 0 aliphatic carbocycles. The molecule has 0 atom stereocenters. The van der Waals surface area contributed by atoms with Crippen LogP contribution in [0.3, 0.4) is 0 Å². The summed E-state index contributed by atoms with van der Waals surface area (Å²) in [5.74, 6) is -0.707. The smallest absolute Gasteiger partial charge is 0.230 e. The minimum Gasteiger partial charge on any atom is -0.497 e. The molecule has 0 fully saturated rings. The average molecular weight is 374 g/mol. The van der Waals surface area contributed by atoms with Crippen molar-refractivity contribution in [1.82, 2.24) is 5.16 Å². The van der Waals surface area contributed by atoms with Crippen LogP contribution < -0.4 is 14.8 Å². The molecule has 0 aliphatic heterocycles. The Morgan fingerprint density at radius 1 is 1.11 bits per heavy atom. The Hall–Kier alpha value is -3.42. The molecule has 140 valence electrons. The maximum Gasteiger partial charge on any atom is 0.230 e. The lowest BCUT2D eigenvalue weighted by molar-refractivity contribution is -0.115. The summed E-state index contributed by atoms with van der Waals surface area (Å²) in [7, 11) is 3.00. The summed E-state index contributed by atoms with van der Waals surface area (Å²) >= 11 is 0. The molecule has 3 aromatic rings. The van der Waals surface area contributed by atoms with E-state index in [4.69, 9.17) is 14.0 Å². The van der Waals surface area contributed by atoms with E-state index in [0.717, 1.165) is 12.1 Å². The third-order valence-corrected chi connectivity index (χ3v) is 3.78. The number of halogens is 2. The number of methoxy groups -OCH3 is 2. The molecule has 2 aromatic carbocycles. The highest BCUT2D eigenvalue weighted by Gasteiger charge is 2.15. The molecule has 0 aliphatic rings. The number of rotatable bonds is 6. The van der Waals surface area contributed by atoms with E-state index in [2.05, 4.69) is 10.5 Å². The number of amides is 1. The second-order valence-electron chi connectivity index (χ2n) is 5.60. The zero-order chi connectivity index (χ0) is 19.4. The van der Waals surface area contributed by atoms with Crippen molar-refractivity contribution in [3.8, 4) is 22.8 Å². The first-order valence-electron chi connectivity index (χ1n) is 7.93. The van der Waals surface area contributed by atoms with Gasteiger partial charge in [-0.2, -0.15) is 0 Å². The van der Waals surface area contributed by atoms with Gasteiger partial charge in [0.1, 0.15) is 23.1 Å². The minimum absolute atomic E-state index is 0.0602. The summed E-state index contributed by atoms with van der Waals surface area (Å²) in [5, 5.41) is 6.47. The van der Waals surface area contributed by atoms with Crippen LogP contribution in [0.25, 0.3) is 11.3 Å². The van der Waals surface area contributed by atoms with Crippen molar-refractivity contribution in [3.63, 3.8) is 0 Å². The van der Waals surface area contributed by atoms with Crippen LogP contribution in [0.5, 0.6) is 11.5 Å². The molecule has 1 heterocycles. The number of ether oxygens (including phenoxy) is 2. The highest BCUT2D eigenvalue weighted by atomic mass is 19.1. The fourth-order valence-corrected chi connectivity index (χ4v) is 2.48. The Morgan fingerprint density at radius 2 is 1.93 bits per heavy atom. The van der Waals surface area contributed by atoms with Crippen LogP contribution in [0.2, 0.25) is 0 Å². The maximum atomic E-state index is 13.8. The van der Waals surface area contributed by atoms with E-state index in [0.29, 0.717) is 22.9 Å². The lowest BCUT2D eigenvalue weighted by Gasteiger charge is -2.11. The second-order valence-corrected chi connectivity index (χ2v) is 5.60. The molecule has 27 heavy (non-hydrogen) atoms. The standard InChI is InChI=1S/C19H16F2N2O4/c1-25-13-4-6-17(26-2)16(10-13)22-19(24)9-12-8-18(27-23-12)14-5-3-11(20)7-15(14)21/h3-8,10H,9H2,1-2H3,(H,22,24). The van der Waals surface area contributed by atoms with Gasteiger partial charge < -0.3 is 19.3 Å². The highest BCUT2D eigenvalue weighted by molar-refractivity contribution is 5.93. The van der Waals surface area contributed by atoms with Gasteiger partial charge in [-0.15, -0.1) is 0 Å². The fourth-order valence-electron chi connectivity index (χ4n) is 2.48. The fraction of sp³-hybridized carbons (Fsp3) is 0.158. The molecule has 1 aromatic heterocycles. The Kier molecular flexibility index (Phi) is 5.35. The number of aromatic nitrogens is 1. The molecular formula is C19H16F2N2O4. The quantitative estimate of drug-likeness (QED) is 0.710. The first kappa shape index (κ1) is 18.4. The summed E-state index contributed by atoms with van der Waals surface area (Å²) in [6.07, 6.45) is -0.104. The summed E-state index contributed by atoms with van der Waals surface area (Å²) in [6, 6.07) is 9.53. The molecule has 0 spiro atoms. The summed E-state index contributed by atoms with van der Waals surface area (Å²) in [6.45, 7) is 0. The molecule has 0 unspecified atom stereocenters. The van der Waals surface area contributed by atoms with E-state index in [9.17, 15) is 13.6 Å². The van der Waals surface area contributed by atoms with Gasteiger partial charge in [0.05, 0.1) is 37.6 Å². The first-order chi connectivity index (χ1) is 13.0. The van der Waals surface area contributed by atoms with Crippen LogP contribution in [0.4, 0.5) is 14.5 Å². The van der Waals surface area contributed by atoms with Crippen molar-refractivity contribution >= 4 is 11.6 Å². The van der Waals surface area contributed by atoms with Gasteiger partial charge in [-0.1, -0.05) is 5.16 Å². The maximum absolute atomic E-state index is 13.8. The minimum atomic E-state index is -0.775. The number of benzene rings is 2. The van der Waals surface area contributed by atoms with Crippen molar-refractivity contribution < 1.29 is 27.6 Å². The van der Waals surface area contributed by atoms with Crippen molar-refractivity contribution in [2.45, 2.75) is 6.42 Å². The van der Waals surface area contributed by atoms with Crippen molar-refractivity contribution in [2.75, 3.05) is 19.5 Å². The van der Waals surface area contributed by atoms with Crippen molar-refractivity contribution in [2.24, 2.45) is 0 Å². The van der Waals surface area contributed by atoms with Crippen LogP contribution in [0.15, 0.2) is 47.0 Å². The lowest BCUT2D eigenvalue weighted by Crippen LogP contribution is -2.15. The third kappa shape index (κ3) is 4.22. The lowest BCUT2D eigenvalue weighted by atomic mass is 10.1. The van der Waals surface area contributed by atoms with Crippen LogP contribution in [0, 0.1) is 11.6 Å². The van der Waals surface area contributed by atoms with E-state index in [-0.39, 0.29) is 23.7 Å². The van der Waals surface area contributed by atoms with Gasteiger partial charge >= 0.3 is 0 Å². The van der Waals surface area contributed by atoms with Gasteiger partial charge in [0.15, 0.2) is 5.76 Å². The summed E-state index contributed by atoms with van der Waals surface area (Å²) in [5.41, 5.74) is 0.799. The molecule has 0 saturated carbocycles. The SMILES string of the molecule is COc1ccc(OC)c(NC(=O)Cc2cc(-c3ccc(F)cc3F)on2)c1. The molecule has 8 heteroatoms. The van der Waals surface area contributed by atoms with Crippen LogP contribution in [-0.2, 0) is 11.2 Å². The van der Waals surface area contributed by atoms with E-state index in [1.165, 1.54) is 26.4 Å². The predicted molar refractivity (Wildman–Crippen MR) is 93.7 cm³/mol. The number of nitrogens with one attached hydrogen (secondary N) is 1. The van der Waals surface area contributed by atoms with Crippen LogP contribution >= 0.6 is 0 Å².